The lowest BCUT2D eigenvalue weighted by Crippen LogP contribution is -2.17. The molecule has 2 N–H and O–H groups in total. The molecule has 0 saturated heterocycles. The number of para-hydroxylation sites is 1. The molecular weight excluding hydrogens is 258 g/mol. The van der Waals surface area contributed by atoms with Gasteiger partial charge >= 0.3 is 0 Å². The van der Waals surface area contributed by atoms with Gasteiger partial charge in [0.1, 0.15) is 5.75 Å². The summed E-state index contributed by atoms with van der Waals surface area (Å²) in [6.45, 7) is 3.62. The van der Waals surface area contributed by atoms with E-state index >= 15 is 0 Å². The van der Waals surface area contributed by atoms with E-state index in [1.54, 1.807) is 6.07 Å². The highest BCUT2D eigenvalue weighted by atomic mass is 35.5. The van der Waals surface area contributed by atoms with Gasteiger partial charge in [-0.2, -0.15) is 0 Å². The summed E-state index contributed by atoms with van der Waals surface area (Å²) >= 11 is 5.87. The molecule has 0 atom stereocenters. The number of halogens is 1. The van der Waals surface area contributed by atoms with Crippen LogP contribution in [-0.4, -0.2) is 11.7 Å². The number of nitrogens with one attached hydrogen (secondary N) is 1. The molecule has 2 aromatic carbocycles. The summed E-state index contributed by atoms with van der Waals surface area (Å²) in [6, 6.07) is 13.8. The zero-order chi connectivity index (χ0) is 13.7. The van der Waals surface area contributed by atoms with E-state index in [0.717, 1.165) is 18.5 Å². The molecule has 0 fully saturated rings. The van der Waals surface area contributed by atoms with Crippen molar-refractivity contribution < 1.29 is 5.11 Å². The van der Waals surface area contributed by atoms with Gasteiger partial charge in [0.25, 0.3) is 0 Å². The third kappa shape index (κ3) is 3.72. The van der Waals surface area contributed by atoms with Crippen molar-refractivity contribution in [1.29, 1.82) is 0 Å². The summed E-state index contributed by atoms with van der Waals surface area (Å²) in [5.41, 5.74) is 3.50. The Morgan fingerprint density at radius 2 is 1.79 bits per heavy atom. The van der Waals surface area contributed by atoms with Crippen molar-refractivity contribution in [2.24, 2.45) is 0 Å². The maximum atomic E-state index is 9.79. The van der Waals surface area contributed by atoms with Gasteiger partial charge in [-0.1, -0.05) is 48.0 Å². The minimum atomic E-state index is 0.174. The first-order valence-electron chi connectivity index (χ1n) is 6.40. The van der Waals surface area contributed by atoms with E-state index in [0.29, 0.717) is 11.6 Å². The molecule has 0 aliphatic carbocycles. The predicted octanol–water partition coefficient (Wildman–Crippen LogP) is 3.69. The molecule has 0 saturated carbocycles. The molecule has 0 spiro atoms. The summed E-state index contributed by atoms with van der Waals surface area (Å²) in [5, 5.41) is 13.5. The van der Waals surface area contributed by atoms with Crippen LogP contribution in [0.1, 0.15) is 16.7 Å². The Bertz CT molecular complexity index is 554. The van der Waals surface area contributed by atoms with E-state index in [9.17, 15) is 5.11 Å². The van der Waals surface area contributed by atoms with E-state index in [1.165, 1.54) is 11.1 Å². The Kier molecular flexibility index (Phi) is 4.83. The zero-order valence-electron chi connectivity index (χ0n) is 11.0. The largest absolute Gasteiger partial charge is 0.506 e. The molecule has 0 radical (unpaired) electrons. The first-order chi connectivity index (χ1) is 9.18. The van der Waals surface area contributed by atoms with Crippen LogP contribution in [0, 0.1) is 6.92 Å². The molecule has 0 bridgehead atoms. The number of aromatic hydroxyl groups is 1. The number of benzene rings is 2. The fourth-order valence-corrected chi connectivity index (χ4v) is 2.23. The standard InChI is InChI=1S/C16H18ClNO/c1-12-5-2-3-6-13(12)9-10-18-11-14-7-4-8-15(17)16(14)19/h2-8,18-19H,9-11H2,1H3. The number of aryl methyl sites for hydroxylation is 1. The highest BCUT2D eigenvalue weighted by Gasteiger charge is 2.04. The Morgan fingerprint density at radius 1 is 1.05 bits per heavy atom. The first kappa shape index (κ1) is 13.9. The molecule has 0 aliphatic heterocycles. The molecule has 0 aliphatic rings. The lowest BCUT2D eigenvalue weighted by Gasteiger charge is -2.09. The van der Waals surface area contributed by atoms with Crippen molar-refractivity contribution in [1.82, 2.24) is 5.32 Å². The van der Waals surface area contributed by atoms with Crippen molar-refractivity contribution in [3.8, 4) is 5.75 Å². The van der Waals surface area contributed by atoms with Crippen molar-refractivity contribution >= 4 is 11.6 Å². The topological polar surface area (TPSA) is 32.3 Å². The average molecular weight is 276 g/mol. The molecule has 2 nitrogen and oxygen atoms in total. The van der Waals surface area contributed by atoms with Gasteiger partial charge in [0.15, 0.2) is 0 Å². The van der Waals surface area contributed by atoms with Crippen molar-refractivity contribution in [3.63, 3.8) is 0 Å². The molecule has 2 rings (SSSR count). The quantitative estimate of drug-likeness (QED) is 0.816. The number of hydrogen-bond donors (Lipinski definition) is 2. The Hall–Kier alpha value is -1.51. The summed E-state index contributed by atoms with van der Waals surface area (Å²) < 4.78 is 0. The van der Waals surface area contributed by atoms with Crippen LogP contribution in [0.25, 0.3) is 0 Å². The van der Waals surface area contributed by atoms with E-state index in [2.05, 4.69) is 36.5 Å². The smallest absolute Gasteiger partial charge is 0.138 e. The third-order valence-electron chi connectivity index (χ3n) is 3.22. The van der Waals surface area contributed by atoms with Crippen LogP contribution < -0.4 is 5.32 Å². The molecule has 19 heavy (non-hydrogen) atoms. The molecule has 100 valence electrons. The second-order valence-corrected chi connectivity index (χ2v) is 5.01. The second kappa shape index (κ2) is 6.60. The van der Waals surface area contributed by atoms with Gasteiger partial charge in [-0.15, -0.1) is 0 Å². The molecule has 0 amide bonds. The summed E-state index contributed by atoms with van der Waals surface area (Å²) in [5.74, 6) is 0.174. The molecule has 2 aromatic rings. The fraction of sp³-hybridized carbons (Fsp3) is 0.250. The molecular formula is C16H18ClNO. The van der Waals surface area contributed by atoms with Crippen LogP contribution in [-0.2, 0) is 13.0 Å². The number of phenolic OH excluding ortho intramolecular Hbond substituents is 1. The lowest BCUT2D eigenvalue weighted by molar-refractivity contribution is 0.465. The van der Waals surface area contributed by atoms with Crippen molar-refractivity contribution in [3.05, 3.63) is 64.2 Å². The Labute approximate surface area is 119 Å². The van der Waals surface area contributed by atoms with Crippen LogP contribution >= 0.6 is 11.6 Å². The van der Waals surface area contributed by atoms with Crippen LogP contribution in [0.15, 0.2) is 42.5 Å². The minimum absolute atomic E-state index is 0.174. The minimum Gasteiger partial charge on any atom is -0.506 e. The Balaban J connectivity index is 1.84. The average Bonchev–Trinajstić information content (AvgIpc) is 2.41. The number of hydrogen-bond acceptors (Lipinski definition) is 2. The highest BCUT2D eigenvalue weighted by Crippen LogP contribution is 2.26. The molecule has 3 heteroatoms. The summed E-state index contributed by atoms with van der Waals surface area (Å²) in [6.07, 6.45) is 0.980. The maximum Gasteiger partial charge on any atom is 0.138 e. The molecule has 0 unspecified atom stereocenters. The number of rotatable bonds is 5. The van der Waals surface area contributed by atoms with Gasteiger partial charge in [-0.25, -0.2) is 0 Å². The van der Waals surface area contributed by atoms with Crippen LogP contribution in [0.4, 0.5) is 0 Å². The first-order valence-corrected chi connectivity index (χ1v) is 6.78. The number of phenols is 1. The molecule has 0 aromatic heterocycles. The molecule has 0 heterocycles. The summed E-state index contributed by atoms with van der Waals surface area (Å²) in [7, 11) is 0. The monoisotopic (exact) mass is 275 g/mol. The SMILES string of the molecule is Cc1ccccc1CCNCc1cccc(Cl)c1O. The normalized spacial score (nSPS) is 10.6. The second-order valence-electron chi connectivity index (χ2n) is 4.60. The fourth-order valence-electron chi connectivity index (χ4n) is 2.04. The zero-order valence-corrected chi connectivity index (χ0v) is 11.7. The van der Waals surface area contributed by atoms with Crippen molar-refractivity contribution in [2.45, 2.75) is 19.9 Å². The predicted molar refractivity (Wildman–Crippen MR) is 79.7 cm³/mol. The van der Waals surface area contributed by atoms with Crippen LogP contribution in [0.2, 0.25) is 5.02 Å². The highest BCUT2D eigenvalue weighted by molar-refractivity contribution is 6.32. The van der Waals surface area contributed by atoms with Crippen molar-refractivity contribution in [2.75, 3.05) is 6.54 Å². The Morgan fingerprint density at radius 3 is 2.58 bits per heavy atom. The summed E-state index contributed by atoms with van der Waals surface area (Å²) in [4.78, 5) is 0. The van der Waals surface area contributed by atoms with Gasteiger partial charge in [0, 0.05) is 12.1 Å². The van der Waals surface area contributed by atoms with Crippen LogP contribution in [0.5, 0.6) is 5.75 Å². The van der Waals surface area contributed by atoms with Gasteiger partial charge in [0.2, 0.25) is 0 Å². The van der Waals surface area contributed by atoms with E-state index < -0.39 is 0 Å². The van der Waals surface area contributed by atoms with Gasteiger partial charge in [0.05, 0.1) is 5.02 Å². The lowest BCUT2D eigenvalue weighted by atomic mass is 10.1. The maximum absolute atomic E-state index is 9.79. The van der Waals surface area contributed by atoms with E-state index in [-0.39, 0.29) is 5.75 Å². The third-order valence-corrected chi connectivity index (χ3v) is 3.52. The van der Waals surface area contributed by atoms with E-state index in [1.807, 2.05) is 12.1 Å². The van der Waals surface area contributed by atoms with Crippen LogP contribution in [0.3, 0.4) is 0 Å². The van der Waals surface area contributed by atoms with Gasteiger partial charge in [-0.3, -0.25) is 0 Å². The van der Waals surface area contributed by atoms with E-state index in [4.69, 9.17) is 11.6 Å². The van der Waals surface area contributed by atoms with Gasteiger partial charge < -0.3 is 10.4 Å². The van der Waals surface area contributed by atoms with Gasteiger partial charge in [-0.05, 0) is 37.1 Å².